The van der Waals surface area contributed by atoms with E-state index in [2.05, 4.69) is 22.2 Å². The van der Waals surface area contributed by atoms with Gasteiger partial charge in [0.1, 0.15) is 0 Å². The number of hydrogen-bond acceptors (Lipinski definition) is 4. The average Bonchev–Trinajstić information content (AvgIpc) is 2.40. The van der Waals surface area contributed by atoms with Crippen molar-refractivity contribution in [2.75, 3.05) is 5.32 Å². The first-order valence-corrected chi connectivity index (χ1v) is 6.53. The fraction of sp³-hybridized carbons (Fsp3) is 0.615. The predicted molar refractivity (Wildman–Crippen MR) is 68.7 cm³/mol. The monoisotopic (exact) mass is 249 g/mol. The number of aromatic carboxylic acids is 1. The molecule has 0 spiro atoms. The van der Waals surface area contributed by atoms with Crippen LogP contribution < -0.4 is 5.32 Å². The summed E-state index contributed by atoms with van der Waals surface area (Å²) in [7, 11) is 0. The highest BCUT2D eigenvalue weighted by Crippen LogP contribution is 2.29. The van der Waals surface area contributed by atoms with Gasteiger partial charge in [-0.3, -0.25) is 0 Å². The fourth-order valence-corrected chi connectivity index (χ4v) is 2.66. The van der Waals surface area contributed by atoms with Gasteiger partial charge in [0.25, 0.3) is 0 Å². The molecule has 1 aliphatic carbocycles. The third-order valence-electron chi connectivity index (χ3n) is 3.66. The molecule has 2 N–H and O–H groups in total. The Morgan fingerprint density at radius 2 is 2.11 bits per heavy atom. The Balaban J connectivity index is 2.15. The van der Waals surface area contributed by atoms with E-state index in [1.165, 1.54) is 31.7 Å². The molecule has 5 heteroatoms. The van der Waals surface area contributed by atoms with E-state index in [4.69, 9.17) is 5.11 Å². The summed E-state index contributed by atoms with van der Waals surface area (Å²) in [6.07, 6.45) is 8.79. The summed E-state index contributed by atoms with van der Waals surface area (Å²) >= 11 is 0. The van der Waals surface area contributed by atoms with Gasteiger partial charge in [-0.2, -0.15) is 0 Å². The van der Waals surface area contributed by atoms with Crippen molar-refractivity contribution in [2.24, 2.45) is 5.92 Å². The minimum absolute atomic E-state index is 0.0120. The summed E-state index contributed by atoms with van der Waals surface area (Å²) in [5, 5.41) is 12.4. The summed E-state index contributed by atoms with van der Waals surface area (Å²) in [6.45, 7) is 2.18. The second-order valence-electron chi connectivity index (χ2n) is 4.76. The van der Waals surface area contributed by atoms with Crippen molar-refractivity contribution in [3.63, 3.8) is 0 Å². The first kappa shape index (κ1) is 12.8. The van der Waals surface area contributed by atoms with Gasteiger partial charge in [-0.15, -0.1) is 0 Å². The molecule has 0 aliphatic heterocycles. The third-order valence-corrected chi connectivity index (χ3v) is 3.66. The summed E-state index contributed by atoms with van der Waals surface area (Å²) < 4.78 is 0. The van der Waals surface area contributed by atoms with E-state index in [1.807, 2.05) is 0 Å². The molecule has 1 aromatic heterocycles. The smallest absolute Gasteiger partial charge is 0.358 e. The highest BCUT2D eigenvalue weighted by Gasteiger charge is 2.25. The van der Waals surface area contributed by atoms with Crippen LogP contribution in [-0.4, -0.2) is 27.1 Å². The molecular formula is C13H19N3O2. The molecule has 0 amide bonds. The molecule has 1 aromatic rings. The van der Waals surface area contributed by atoms with Gasteiger partial charge >= 0.3 is 5.97 Å². The largest absolute Gasteiger partial charge is 0.476 e. The molecule has 18 heavy (non-hydrogen) atoms. The topological polar surface area (TPSA) is 75.1 Å². The van der Waals surface area contributed by atoms with Crippen molar-refractivity contribution in [1.82, 2.24) is 9.97 Å². The Morgan fingerprint density at radius 1 is 1.39 bits per heavy atom. The van der Waals surface area contributed by atoms with Crippen LogP contribution in [0, 0.1) is 5.92 Å². The number of carboxylic acids is 1. The van der Waals surface area contributed by atoms with Gasteiger partial charge in [-0.1, -0.05) is 26.2 Å². The van der Waals surface area contributed by atoms with Crippen LogP contribution in [0.4, 0.5) is 5.82 Å². The Bertz CT molecular complexity index is 422. The number of carboxylic acid groups (broad SMARTS) is 1. The van der Waals surface area contributed by atoms with E-state index < -0.39 is 5.97 Å². The molecule has 2 unspecified atom stereocenters. The van der Waals surface area contributed by atoms with Gasteiger partial charge in [-0.25, -0.2) is 14.8 Å². The lowest BCUT2D eigenvalue weighted by Crippen LogP contribution is -2.33. The maximum absolute atomic E-state index is 11.1. The highest BCUT2D eigenvalue weighted by atomic mass is 16.4. The standard InChI is InChI=1S/C13H19N3O2/c1-2-9-5-3-4-6-10(9)16-12-11(13(17)18)14-7-8-15-12/h7-10H,2-6H2,1H3,(H,15,16)(H,17,18). The van der Waals surface area contributed by atoms with Crippen molar-refractivity contribution in [3.05, 3.63) is 18.1 Å². The van der Waals surface area contributed by atoms with Gasteiger partial charge in [0.15, 0.2) is 11.5 Å². The van der Waals surface area contributed by atoms with Gasteiger partial charge in [0, 0.05) is 18.4 Å². The SMILES string of the molecule is CCC1CCCCC1Nc1nccnc1C(=O)O. The molecule has 0 radical (unpaired) electrons. The van der Waals surface area contributed by atoms with E-state index in [-0.39, 0.29) is 5.69 Å². The molecule has 2 rings (SSSR count). The summed E-state index contributed by atoms with van der Waals surface area (Å²) in [4.78, 5) is 19.1. The van der Waals surface area contributed by atoms with Crippen molar-refractivity contribution in [1.29, 1.82) is 0 Å². The van der Waals surface area contributed by atoms with E-state index in [0.717, 1.165) is 12.8 Å². The van der Waals surface area contributed by atoms with Crippen LogP contribution in [0.5, 0.6) is 0 Å². The molecule has 0 saturated heterocycles. The molecular weight excluding hydrogens is 230 g/mol. The molecule has 1 fully saturated rings. The number of carbonyl (C=O) groups is 1. The van der Waals surface area contributed by atoms with Crippen LogP contribution in [0.2, 0.25) is 0 Å². The van der Waals surface area contributed by atoms with Crippen LogP contribution in [0.25, 0.3) is 0 Å². The van der Waals surface area contributed by atoms with Crippen LogP contribution in [-0.2, 0) is 0 Å². The van der Waals surface area contributed by atoms with Crippen molar-refractivity contribution < 1.29 is 9.90 Å². The van der Waals surface area contributed by atoms with Gasteiger partial charge in [0.05, 0.1) is 0 Å². The van der Waals surface area contributed by atoms with Gasteiger partial charge in [0.2, 0.25) is 0 Å². The zero-order chi connectivity index (χ0) is 13.0. The van der Waals surface area contributed by atoms with E-state index in [0.29, 0.717) is 17.8 Å². The predicted octanol–water partition coefficient (Wildman–Crippen LogP) is 2.56. The lowest BCUT2D eigenvalue weighted by molar-refractivity contribution is 0.0691. The molecule has 2 atom stereocenters. The van der Waals surface area contributed by atoms with Crippen LogP contribution in [0.1, 0.15) is 49.5 Å². The Hall–Kier alpha value is -1.65. The zero-order valence-electron chi connectivity index (χ0n) is 10.6. The normalized spacial score (nSPS) is 23.6. The quantitative estimate of drug-likeness (QED) is 0.857. The maximum Gasteiger partial charge on any atom is 0.358 e. The summed E-state index contributed by atoms with van der Waals surface area (Å²) in [5.74, 6) is -0.0350. The van der Waals surface area contributed by atoms with E-state index in [1.54, 1.807) is 0 Å². The minimum Gasteiger partial charge on any atom is -0.476 e. The van der Waals surface area contributed by atoms with Crippen molar-refractivity contribution >= 4 is 11.8 Å². The highest BCUT2D eigenvalue weighted by molar-refractivity contribution is 5.90. The van der Waals surface area contributed by atoms with Crippen LogP contribution in [0.15, 0.2) is 12.4 Å². The van der Waals surface area contributed by atoms with E-state index in [9.17, 15) is 4.79 Å². The number of nitrogens with one attached hydrogen (secondary N) is 1. The van der Waals surface area contributed by atoms with Gasteiger partial charge < -0.3 is 10.4 Å². The van der Waals surface area contributed by atoms with Gasteiger partial charge in [-0.05, 0) is 18.8 Å². The number of anilines is 1. The van der Waals surface area contributed by atoms with Crippen LogP contribution >= 0.6 is 0 Å². The third kappa shape index (κ3) is 2.78. The maximum atomic E-state index is 11.1. The van der Waals surface area contributed by atoms with E-state index >= 15 is 0 Å². The Morgan fingerprint density at radius 3 is 2.83 bits per heavy atom. The Labute approximate surface area is 107 Å². The lowest BCUT2D eigenvalue weighted by atomic mass is 9.83. The first-order valence-electron chi connectivity index (χ1n) is 6.53. The molecule has 1 heterocycles. The number of aromatic nitrogens is 2. The summed E-state index contributed by atoms with van der Waals surface area (Å²) in [6, 6.07) is 0.318. The average molecular weight is 249 g/mol. The molecule has 1 aliphatic rings. The number of rotatable bonds is 4. The number of nitrogens with zero attached hydrogens (tertiary/aromatic N) is 2. The van der Waals surface area contributed by atoms with Crippen LogP contribution in [0.3, 0.4) is 0 Å². The molecule has 0 aromatic carbocycles. The molecule has 5 nitrogen and oxygen atoms in total. The fourth-order valence-electron chi connectivity index (χ4n) is 2.66. The molecule has 98 valence electrons. The lowest BCUT2D eigenvalue weighted by Gasteiger charge is -2.32. The molecule has 1 saturated carbocycles. The van der Waals surface area contributed by atoms with Crippen molar-refractivity contribution in [3.8, 4) is 0 Å². The first-order chi connectivity index (χ1) is 8.72. The number of hydrogen-bond donors (Lipinski definition) is 2. The second-order valence-corrected chi connectivity index (χ2v) is 4.76. The molecule has 0 bridgehead atoms. The Kier molecular flexibility index (Phi) is 4.12. The minimum atomic E-state index is -1.03. The summed E-state index contributed by atoms with van der Waals surface area (Å²) in [5.41, 5.74) is 0.0120. The second kappa shape index (κ2) is 5.80. The van der Waals surface area contributed by atoms with Crippen molar-refractivity contribution in [2.45, 2.75) is 45.1 Å². The zero-order valence-corrected chi connectivity index (χ0v) is 10.6.